The Balaban J connectivity index is 1.76. The molecule has 1 fully saturated rings. The summed E-state index contributed by atoms with van der Waals surface area (Å²) in [4.78, 5) is 12.3. The molecule has 0 bridgehead atoms. The summed E-state index contributed by atoms with van der Waals surface area (Å²) in [6.07, 6.45) is -2.38. The van der Waals surface area contributed by atoms with E-state index in [-0.39, 0.29) is 23.8 Å². The van der Waals surface area contributed by atoms with Gasteiger partial charge < -0.3 is 10.1 Å². The second-order valence-corrected chi connectivity index (χ2v) is 6.03. The predicted molar refractivity (Wildman–Crippen MR) is 84.3 cm³/mol. The zero-order valence-electron chi connectivity index (χ0n) is 13.9. The van der Waals surface area contributed by atoms with Crippen molar-refractivity contribution in [2.45, 2.75) is 31.5 Å². The number of hydrogen-bond acceptors (Lipinski definition) is 3. The number of aromatic nitrogens is 2. The van der Waals surface area contributed by atoms with Gasteiger partial charge in [-0.3, -0.25) is 9.48 Å². The van der Waals surface area contributed by atoms with Crippen LogP contribution >= 0.6 is 0 Å². The van der Waals surface area contributed by atoms with Gasteiger partial charge in [0.2, 0.25) is 0 Å². The Labute approximate surface area is 142 Å². The van der Waals surface area contributed by atoms with Crippen molar-refractivity contribution in [3.63, 3.8) is 0 Å². The number of nitrogens with zero attached hydrogens (tertiary/aromatic N) is 2. The van der Waals surface area contributed by atoms with Crippen LogP contribution < -0.4 is 10.1 Å². The number of aryl methyl sites for hydroxylation is 1. The van der Waals surface area contributed by atoms with Gasteiger partial charge >= 0.3 is 6.18 Å². The Kier molecular flexibility index (Phi) is 4.45. The van der Waals surface area contributed by atoms with Crippen LogP contribution in [0, 0.1) is 0 Å². The molecule has 1 aliphatic carbocycles. The minimum atomic E-state index is -4.52. The van der Waals surface area contributed by atoms with E-state index in [0.717, 1.165) is 24.6 Å². The first-order valence-corrected chi connectivity index (χ1v) is 7.86. The van der Waals surface area contributed by atoms with E-state index in [2.05, 4.69) is 10.4 Å². The molecule has 0 saturated heterocycles. The number of hydrogen-bond donors (Lipinski definition) is 1. The molecule has 1 amide bonds. The molecule has 0 aliphatic heterocycles. The monoisotopic (exact) mass is 353 g/mol. The van der Waals surface area contributed by atoms with Crippen LogP contribution in [0.3, 0.4) is 0 Å². The average molecular weight is 353 g/mol. The summed E-state index contributed by atoms with van der Waals surface area (Å²) in [7, 11) is 2.85. The number of amides is 1. The molecule has 1 N–H and O–H groups in total. The van der Waals surface area contributed by atoms with E-state index in [1.807, 2.05) is 0 Å². The van der Waals surface area contributed by atoms with Crippen LogP contribution in [0.1, 0.15) is 46.1 Å². The van der Waals surface area contributed by atoms with Crippen molar-refractivity contribution in [1.29, 1.82) is 0 Å². The Morgan fingerprint density at radius 1 is 1.40 bits per heavy atom. The summed E-state index contributed by atoms with van der Waals surface area (Å²) < 4.78 is 45.5. The van der Waals surface area contributed by atoms with E-state index >= 15 is 0 Å². The maximum atomic E-state index is 13.0. The number of carbonyl (C=O) groups is 1. The molecule has 5 nitrogen and oxygen atoms in total. The second kappa shape index (κ2) is 6.42. The lowest BCUT2D eigenvalue weighted by Gasteiger charge is -2.16. The van der Waals surface area contributed by atoms with Crippen molar-refractivity contribution < 1.29 is 22.7 Å². The van der Waals surface area contributed by atoms with Crippen LogP contribution in [-0.2, 0) is 19.8 Å². The number of halogens is 3. The molecule has 1 aromatic carbocycles. The van der Waals surface area contributed by atoms with Gasteiger partial charge in [0.25, 0.3) is 5.91 Å². The number of para-hydroxylation sites is 1. The first-order chi connectivity index (χ1) is 11.8. The molecule has 0 atom stereocenters. The Morgan fingerprint density at radius 2 is 2.12 bits per heavy atom. The Bertz CT molecular complexity index is 795. The van der Waals surface area contributed by atoms with Crippen molar-refractivity contribution in [2.75, 3.05) is 7.11 Å². The van der Waals surface area contributed by atoms with Gasteiger partial charge in [0, 0.05) is 25.1 Å². The van der Waals surface area contributed by atoms with Gasteiger partial charge in [0.1, 0.15) is 11.4 Å². The van der Waals surface area contributed by atoms with Crippen LogP contribution in [0.2, 0.25) is 0 Å². The Hall–Kier alpha value is -2.51. The number of benzene rings is 1. The fraction of sp³-hybridized carbons (Fsp3) is 0.412. The smallest absolute Gasteiger partial charge is 0.419 e. The van der Waals surface area contributed by atoms with Crippen molar-refractivity contribution in [3.05, 3.63) is 46.8 Å². The van der Waals surface area contributed by atoms with E-state index in [1.165, 1.54) is 23.9 Å². The summed E-state index contributed by atoms with van der Waals surface area (Å²) >= 11 is 0. The lowest BCUT2D eigenvalue weighted by molar-refractivity contribution is -0.138. The number of alkyl halides is 3. The summed E-state index contributed by atoms with van der Waals surface area (Å²) in [6.45, 7) is -0.0735. The third-order valence-corrected chi connectivity index (χ3v) is 4.17. The minimum absolute atomic E-state index is 0.0735. The van der Waals surface area contributed by atoms with Crippen LogP contribution in [0.25, 0.3) is 0 Å². The molecule has 1 saturated carbocycles. The largest absolute Gasteiger partial charge is 0.496 e. The first kappa shape index (κ1) is 17.3. The summed E-state index contributed by atoms with van der Waals surface area (Å²) in [5.74, 6) is -0.253. The van der Waals surface area contributed by atoms with E-state index < -0.39 is 11.7 Å². The predicted octanol–water partition coefficient (Wildman–Crippen LogP) is 3.25. The topological polar surface area (TPSA) is 56.1 Å². The molecule has 3 rings (SSSR count). The van der Waals surface area contributed by atoms with Crippen LogP contribution in [0.15, 0.2) is 24.3 Å². The normalized spacial score (nSPS) is 14.4. The third kappa shape index (κ3) is 3.62. The van der Waals surface area contributed by atoms with Gasteiger partial charge in [-0.15, -0.1) is 0 Å². The quantitative estimate of drug-likeness (QED) is 0.898. The van der Waals surface area contributed by atoms with Crippen molar-refractivity contribution >= 4 is 5.91 Å². The van der Waals surface area contributed by atoms with Gasteiger partial charge in [-0.05, 0) is 25.0 Å². The van der Waals surface area contributed by atoms with Crippen LogP contribution in [0.4, 0.5) is 13.2 Å². The fourth-order valence-electron chi connectivity index (χ4n) is 2.73. The van der Waals surface area contributed by atoms with Crippen LogP contribution in [-0.4, -0.2) is 22.8 Å². The molecule has 1 heterocycles. The highest BCUT2D eigenvalue weighted by atomic mass is 19.4. The van der Waals surface area contributed by atoms with E-state index in [4.69, 9.17) is 4.74 Å². The highest BCUT2D eigenvalue weighted by Crippen LogP contribution is 2.39. The molecule has 0 radical (unpaired) electrons. The molecule has 0 unspecified atom stereocenters. The molecule has 2 aromatic rings. The Morgan fingerprint density at radius 3 is 2.72 bits per heavy atom. The number of rotatable bonds is 5. The molecule has 134 valence electrons. The van der Waals surface area contributed by atoms with Gasteiger partial charge in [0.15, 0.2) is 0 Å². The zero-order valence-corrected chi connectivity index (χ0v) is 13.9. The van der Waals surface area contributed by atoms with Crippen molar-refractivity contribution in [1.82, 2.24) is 15.1 Å². The lowest BCUT2D eigenvalue weighted by atomic mass is 10.1. The highest BCUT2D eigenvalue weighted by Gasteiger charge is 2.35. The number of carbonyl (C=O) groups excluding carboxylic acids is 1. The number of ether oxygens (including phenoxy) is 1. The molecule has 25 heavy (non-hydrogen) atoms. The number of methoxy groups -OCH3 is 1. The highest BCUT2D eigenvalue weighted by molar-refractivity contribution is 5.92. The zero-order chi connectivity index (χ0) is 18.2. The third-order valence-electron chi connectivity index (χ3n) is 4.17. The first-order valence-electron chi connectivity index (χ1n) is 7.86. The van der Waals surface area contributed by atoms with Crippen molar-refractivity contribution in [3.8, 4) is 5.75 Å². The minimum Gasteiger partial charge on any atom is -0.496 e. The SMILES string of the molecule is COc1c(CNC(=O)c2cc(C3CC3)nn2C)cccc1C(F)(F)F. The summed E-state index contributed by atoms with van der Waals surface area (Å²) in [5, 5.41) is 6.95. The molecule has 0 spiro atoms. The maximum absolute atomic E-state index is 13.0. The maximum Gasteiger partial charge on any atom is 0.419 e. The molecular formula is C17H18F3N3O2. The molecular weight excluding hydrogens is 335 g/mol. The van der Waals surface area contributed by atoms with E-state index in [1.54, 1.807) is 13.1 Å². The van der Waals surface area contributed by atoms with Crippen molar-refractivity contribution in [2.24, 2.45) is 7.05 Å². The summed E-state index contributed by atoms with van der Waals surface area (Å²) in [6, 6.07) is 5.47. The molecule has 8 heteroatoms. The summed E-state index contributed by atoms with van der Waals surface area (Å²) in [5.41, 5.74) is 0.658. The second-order valence-electron chi connectivity index (χ2n) is 6.03. The van der Waals surface area contributed by atoms with Gasteiger partial charge in [-0.2, -0.15) is 18.3 Å². The van der Waals surface area contributed by atoms with Gasteiger partial charge in [-0.25, -0.2) is 0 Å². The average Bonchev–Trinajstić information content (AvgIpc) is 3.33. The van der Waals surface area contributed by atoms with Gasteiger partial charge in [0.05, 0.1) is 18.4 Å². The molecule has 1 aromatic heterocycles. The standard InChI is InChI=1S/C17H18F3N3O2/c1-23-14(8-13(22-23)10-6-7-10)16(24)21-9-11-4-3-5-12(15(11)25-2)17(18,19)20/h3-5,8,10H,6-7,9H2,1-2H3,(H,21,24). The van der Waals surface area contributed by atoms with E-state index in [9.17, 15) is 18.0 Å². The van der Waals surface area contributed by atoms with Gasteiger partial charge in [-0.1, -0.05) is 12.1 Å². The lowest BCUT2D eigenvalue weighted by Crippen LogP contribution is -2.25. The fourth-order valence-corrected chi connectivity index (χ4v) is 2.73. The number of nitrogens with one attached hydrogen (secondary N) is 1. The van der Waals surface area contributed by atoms with Crippen LogP contribution in [0.5, 0.6) is 5.75 Å². The van der Waals surface area contributed by atoms with E-state index in [0.29, 0.717) is 11.6 Å². The molecule has 1 aliphatic rings.